The minimum atomic E-state index is -4.43. The van der Waals surface area contributed by atoms with E-state index in [-0.39, 0.29) is 5.75 Å². The van der Waals surface area contributed by atoms with E-state index >= 15 is 0 Å². The van der Waals surface area contributed by atoms with E-state index in [1.54, 1.807) is 0 Å². The van der Waals surface area contributed by atoms with Gasteiger partial charge in [-0.05, 0) is 23.3 Å². The van der Waals surface area contributed by atoms with Gasteiger partial charge < -0.3 is 5.11 Å². The van der Waals surface area contributed by atoms with Crippen LogP contribution in [0.25, 0.3) is 0 Å². The predicted octanol–water partition coefficient (Wildman–Crippen LogP) is 3.93. The summed E-state index contributed by atoms with van der Waals surface area (Å²) in [5, 5.41) is 9.81. The van der Waals surface area contributed by atoms with Crippen molar-refractivity contribution >= 4 is 0 Å². The van der Waals surface area contributed by atoms with Crippen molar-refractivity contribution in [3.8, 4) is 5.75 Å². The molecule has 1 aliphatic heterocycles. The highest BCUT2D eigenvalue weighted by atomic mass is 19.4. The van der Waals surface area contributed by atoms with E-state index in [1.807, 2.05) is 24.3 Å². The van der Waals surface area contributed by atoms with E-state index in [4.69, 9.17) is 0 Å². The fraction of sp³-hybridized carbons (Fsp3) is 0.250. The summed E-state index contributed by atoms with van der Waals surface area (Å²) in [6.07, 6.45) is -4.43. The van der Waals surface area contributed by atoms with Gasteiger partial charge in [-0.3, -0.25) is 4.90 Å². The van der Waals surface area contributed by atoms with Crippen LogP contribution < -0.4 is 0 Å². The second-order valence-corrected chi connectivity index (χ2v) is 5.26. The van der Waals surface area contributed by atoms with Gasteiger partial charge in [0.25, 0.3) is 0 Å². The zero-order valence-corrected chi connectivity index (χ0v) is 11.2. The van der Waals surface area contributed by atoms with Gasteiger partial charge in [0.1, 0.15) is 5.75 Å². The highest BCUT2D eigenvalue weighted by Crippen LogP contribution is 2.33. The second-order valence-electron chi connectivity index (χ2n) is 5.26. The highest BCUT2D eigenvalue weighted by Gasteiger charge is 2.31. The molecule has 3 rings (SSSR count). The third kappa shape index (κ3) is 2.88. The van der Waals surface area contributed by atoms with Crippen molar-refractivity contribution in [2.75, 3.05) is 0 Å². The van der Waals surface area contributed by atoms with Crippen molar-refractivity contribution in [3.05, 3.63) is 64.7 Å². The number of fused-ring (bicyclic) bond motifs is 1. The summed E-state index contributed by atoms with van der Waals surface area (Å²) < 4.78 is 37.7. The van der Waals surface area contributed by atoms with Gasteiger partial charge in [0.05, 0.1) is 5.56 Å². The summed E-state index contributed by atoms with van der Waals surface area (Å²) in [4.78, 5) is 2.09. The molecule has 1 N–H and O–H groups in total. The quantitative estimate of drug-likeness (QED) is 0.907. The number of benzene rings is 2. The summed E-state index contributed by atoms with van der Waals surface area (Å²) in [5.41, 5.74) is 2.14. The topological polar surface area (TPSA) is 23.5 Å². The Hall–Kier alpha value is -2.01. The van der Waals surface area contributed by atoms with Crippen molar-refractivity contribution in [2.45, 2.75) is 25.8 Å². The van der Waals surface area contributed by atoms with E-state index in [9.17, 15) is 18.3 Å². The Morgan fingerprint density at radius 3 is 2.14 bits per heavy atom. The van der Waals surface area contributed by atoms with Crippen LogP contribution in [0.5, 0.6) is 5.75 Å². The molecular formula is C16H14F3NO. The van der Waals surface area contributed by atoms with Crippen LogP contribution in [0.1, 0.15) is 22.3 Å². The molecule has 1 heterocycles. The molecule has 0 atom stereocenters. The first-order valence-electron chi connectivity index (χ1n) is 6.62. The largest absolute Gasteiger partial charge is 0.508 e. The maximum absolute atomic E-state index is 12.6. The molecule has 1 aliphatic rings. The molecule has 2 aromatic rings. The maximum Gasteiger partial charge on any atom is 0.416 e. The van der Waals surface area contributed by atoms with E-state index < -0.39 is 11.7 Å². The first-order chi connectivity index (χ1) is 9.93. The molecule has 0 spiro atoms. The van der Waals surface area contributed by atoms with Crippen LogP contribution in [0.3, 0.4) is 0 Å². The Balaban J connectivity index is 1.75. The van der Waals surface area contributed by atoms with Crippen LogP contribution in [0, 0.1) is 0 Å². The molecule has 0 aliphatic carbocycles. The summed E-state index contributed by atoms with van der Waals surface area (Å²) in [5.74, 6) is -0.305. The smallest absolute Gasteiger partial charge is 0.416 e. The molecule has 0 amide bonds. The lowest BCUT2D eigenvalue weighted by molar-refractivity contribution is -0.137. The van der Waals surface area contributed by atoms with Gasteiger partial charge in [0, 0.05) is 25.2 Å². The zero-order valence-electron chi connectivity index (χ0n) is 11.2. The maximum atomic E-state index is 12.6. The van der Waals surface area contributed by atoms with Crippen LogP contribution in [0.2, 0.25) is 0 Å². The molecule has 0 fully saturated rings. The first kappa shape index (κ1) is 13.9. The Kier molecular flexibility index (Phi) is 3.37. The van der Waals surface area contributed by atoms with Crippen molar-refractivity contribution in [3.63, 3.8) is 0 Å². The van der Waals surface area contributed by atoms with Gasteiger partial charge in [-0.25, -0.2) is 0 Å². The Labute approximate surface area is 120 Å². The molecule has 0 radical (unpaired) electrons. The monoisotopic (exact) mass is 293 g/mol. The fourth-order valence-electron chi connectivity index (χ4n) is 2.63. The molecule has 0 saturated carbocycles. The lowest BCUT2D eigenvalue weighted by Crippen LogP contribution is -2.16. The van der Waals surface area contributed by atoms with E-state index in [1.165, 1.54) is 17.2 Å². The number of nitrogens with zero attached hydrogens (tertiary/aromatic N) is 1. The molecule has 0 saturated heterocycles. The molecule has 0 bridgehead atoms. The molecule has 0 aromatic heterocycles. The van der Waals surface area contributed by atoms with Crippen molar-refractivity contribution < 1.29 is 18.3 Å². The average molecular weight is 293 g/mol. The number of rotatable bonds is 2. The number of alkyl halides is 3. The lowest BCUT2D eigenvalue weighted by Gasteiger charge is -2.16. The Morgan fingerprint density at radius 2 is 1.62 bits per heavy atom. The summed E-state index contributed by atoms with van der Waals surface area (Å²) in [6, 6.07) is 11.2. The van der Waals surface area contributed by atoms with Crippen LogP contribution >= 0.6 is 0 Å². The van der Waals surface area contributed by atoms with Gasteiger partial charge in [0.15, 0.2) is 0 Å². The van der Waals surface area contributed by atoms with Crippen LogP contribution in [0.4, 0.5) is 13.2 Å². The second kappa shape index (κ2) is 5.07. The Bertz CT molecular complexity index is 642. The van der Waals surface area contributed by atoms with Crippen molar-refractivity contribution in [2.24, 2.45) is 0 Å². The molecular weight excluding hydrogens is 279 g/mol. The third-order valence-corrected chi connectivity index (χ3v) is 3.71. The van der Waals surface area contributed by atoms with Crippen LogP contribution in [0.15, 0.2) is 42.5 Å². The standard InChI is InChI=1S/C16H14F3NO/c17-16(18,19)14-6-5-13(15(21)7-14)10-20-8-11-3-1-2-4-12(11)9-20/h1-7,21H,8-10H2. The van der Waals surface area contributed by atoms with Crippen LogP contribution in [-0.4, -0.2) is 10.0 Å². The van der Waals surface area contributed by atoms with Gasteiger partial charge in [-0.2, -0.15) is 13.2 Å². The third-order valence-electron chi connectivity index (χ3n) is 3.71. The number of halogens is 3. The number of aromatic hydroxyl groups is 1. The van der Waals surface area contributed by atoms with Crippen molar-refractivity contribution in [1.29, 1.82) is 0 Å². The van der Waals surface area contributed by atoms with E-state index in [0.717, 1.165) is 25.2 Å². The number of hydrogen-bond donors (Lipinski definition) is 1. The zero-order chi connectivity index (χ0) is 15.0. The summed E-state index contributed by atoms with van der Waals surface area (Å²) >= 11 is 0. The highest BCUT2D eigenvalue weighted by molar-refractivity contribution is 5.38. The van der Waals surface area contributed by atoms with Gasteiger partial charge in [0.2, 0.25) is 0 Å². The van der Waals surface area contributed by atoms with Gasteiger partial charge in [-0.1, -0.05) is 30.3 Å². The van der Waals surface area contributed by atoms with Crippen LogP contribution in [-0.2, 0) is 25.8 Å². The van der Waals surface area contributed by atoms with E-state index in [2.05, 4.69) is 4.90 Å². The fourth-order valence-corrected chi connectivity index (χ4v) is 2.63. The first-order valence-corrected chi connectivity index (χ1v) is 6.62. The number of phenols is 1. The molecule has 5 heteroatoms. The molecule has 2 aromatic carbocycles. The average Bonchev–Trinajstić information content (AvgIpc) is 2.82. The molecule has 2 nitrogen and oxygen atoms in total. The van der Waals surface area contributed by atoms with Gasteiger partial charge >= 0.3 is 6.18 Å². The SMILES string of the molecule is Oc1cc(C(F)(F)F)ccc1CN1Cc2ccccc2C1. The van der Waals surface area contributed by atoms with Gasteiger partial charge in [-0.15, -0.1) is 0 Å². The molecule has 110 valence electrons. The van der Waals surface area contributed by atoms with Crippen molar-refractivity contribution in [1.82, 2.24) is 4.90 Å². The summed E-state index contributed by atoms with van der Waals surface area (Å²) in [6.45, 7) is 1.92. The summed E-state index contributed by atoms with van der Waals surface area (Å²) in [7, 11) is 0. The van der Waals surface area contributed by atoms with E-state index in [0.29, 0.717) is 12.1 Å². The predicted molar refractivity (Wildman–Crippen MR) is 72.5 cm³/mol. The number of phenolic OH excluding ortho intramolecular Hbond substituents is 1. The Morgan fingerprint density at radius 1 is 1.00 bits per heavy atom. The normalized spacial score (nSPS) is 15.2. The minimum absolute atomic E-state index is 0.305. The minimum Gasteiger partial charge on any atom is -0.508 e. The number of hydrogen-bond acceptors (Lipinski definition) is 2. The molecule has 21 heavy (non-hydrogen) atoms. The lowest BCUT2D eigenvalue weighted by atomic mass is 10.1. The molecule has 0 unspecified atom stereocenters.